The highest BCUT2D eigenvalue weighted by Crippen LogP contribution is 2.11. The third-order valence-electron chi connectivity index (χ3n) is 1.59. The average molecular weight is 162 g/mol. The number of aromatic nitrogens is 3. The zero-order chi connectivity index (χ0) is 8.55. The molecule has 0 spiro atoms. The van der Waals surface area contributed by atoms with Crippen LogP contribution in [0.15, 0.2) is 18.6 Å². The van der Waals surface area contributed by atoms with E-state index in [1.807, 2.05) is 0 Å². The van der Waals surface area contributed by atoms with Crippen molar-refractivity contribution < 1.29 is 4.79 Å². The normalized spacial score (nSPS) is 10.3. The number of hydrogen-bond donors (Lipinski definition) is 2. The molecule has 2 aromatic rings. The van der Waals surface area contributed by atoms with E-state index in [-0.39, 0.29) is 5.69 Å². The van der Waals surface area contributed by atoms with Gasteiger partial charge in [0.1, 0.15) is 17.7 Å². The van der Waals surface area contributed by atoms with E-state index in [1.54, 1.807) is 12.3 Å². The summed E-state index contributed by atoms with van der Waals surface area (Å²) in [6.45, 7) is 0. The molecule has 0 aliphatic rings. The Kier molecular flexibility index (Phi) is 1.30. The molecule has 2 aromatic heterocycles. The SMILES string of the molecule is NC(=O)c1ncnc2[nH]ccc12. The van der Waals surface area contributed by atoms with E-state index in [2.05, 4.69) is 15.0 Å². The molecule has 0 bridgehead atoms. The summed E-state index contributed by atoms with van der Waals surface area (Å²) in [5.74, 6) is -0.540. The van der Waals surface area contributed by atoms with Crippen molar-refractivity contribution in [2.45, 2.75) is 0 Å². The van der Waals surface area contributed by atoms with Gasteiger partial charge in [0.25, 0.3) is 5.91 Å². The highest BCUT2D eigenvalue weighted by Gasteiger charge is 2.08. The second-order valence-electron chi connectivity index (χ2n) is 2.33. The second-order valence-corrected chi connectivity index (χ2v) is 2.33. The minimum absolute atomic E-state index is 0.251. The number of carbonyl (C=O) groups excluding carboxylic acids is 1. The molecule has 0 fully saturated rings. The first-order valence-corrected chi connectivity index (χ1v) is 3.37. The largest absolute Gasteiger partial charge is 0.364 e. The molecule has 60 valence electrons. The Labute approximate surface area is 67.6 Å². The van der Waals surface area contributed by atoms with Crippen LogP contribution in [0.3, 0.4) is 0 Å². The minimum atomic E-state index is -0.540. The molecule has 12 heavy (non-hydrogen) atoms. The Morgan fingerprint density at radius 1 is 1.50 bits per heavy atom. The summed E-state index contributed by atoms with van der Waals surface area (Å²) >= 11 is 0. The van der Waals surface area contributed by atoms with Crippen LogP contribution in [0.4, 0.5) is 0 Å². The van der Waals surface area contributed by atoms with Gasteiger partial charge < -0.3 is 10.7 Å². The number of amides is 1. The Hall–Kier alpha value is -1.91. The fraction of sp³-hybridized carbons (Fsp3) is 0. The van der Waals surface area contributed by atoms with Gasteiger partial charge in [-0.2, -0.15) is 0 Å². The molecule has 0 saturated heterocycles. The van der Waals surface area contributed by atoms with Gasteiger partial charge in [0.05, 0.1) is 5.39 Å². The Morgan fingerprint density at radius 3 is 3.08 bits per heavy atom. The molecule has 0 aliphatic heterocycles. The fourth-order valence-electron chi connectivity index (χ4n) is 1.07. The van der Waals surface area contributed by atoms with Crippen LogP contribution in [-0.2, 0) is 0 Å². The van der Waals surface area contributed by atoms with E-state index < -0.39 is 5.91 Å². The molecule has 0 aromatic carbocycles. The van der Waals surface area contributed by atoms with Crippen molar-refractivity contribution in [1.82, 2.24) is 15.0 Å². The molecular formula is C7H6N4O. The first-order valence-electron chi connectivity index (χ1n) is 3.37. The minimum Gasteiger partial charge on any atom is -0.364 e. The second kappa shape index (κ2) is 2.30. The van der Waals surface area contributed by atoms with Crippen molar-refractivity contribution in [3.8, 4) is 0 Å². The molecule has 1 amide bonds. The fourth-order valence-corrected chi connectivity index (χ4v) is 1.07. The number of hydrogen-bond acceptors (Lipinski definition) is 3. The lowest BCUT2D eigenvalue weighted by molar-refractivity contribution is 0.0997. The van der Waals surface area contributed by atoms with E-state index in [4.69, 9.17) is 5.73 Å². The van der Waals surface area contributed by atoms with Crippen molar-refractivity contribution in [3.63, 3.8) is 0 Å². The number of carbonyl (C=O) groups is 1. The predicted molar refractivity (Wildman–Crippen MR) is 42.4 cm³/mol. The standard InChI is InChI=1S/C7H6N4O/c8-6(12)5-4-1-2-9-7(4)11-3-10-5/h1-3H,(H2,8,12)(H,9,10,11). The summed E-state index contributed by atoms with van der Waals surface area (Å²) < 4.78 is 0. The van der Waals surface area contributed by atoms with E-state index >= 15 is 0 Å². The van der Waals surface area contributed by atoms with Crippen LogP contribution in [0.2, 0.25) is 0 Å². The summed E-state index contributed by atoms with van der Waals surface area (Å²) in [7, 11) is 0. The van der Waals surface area contributed by atoms with Crippen LogP contribution in [-0.4, -0.2) is 20.9 Å². The van der Waals surface area contributed by atoms with E-state index in [9.17, 15) is 4.79 Å². The Bertz CT molecular complexity index is 434. The summed E-state index contributed by atoms with van der Waals surface area (Å²) in [6.07, 6.45) is 2.99. The van der Waals surface area contributed by atoms with Crippen LogP contribution >= 0.6 is 0 Å². The first-order chi connectivity index (χ1) is 5.79. The molecule has 0 atom stereocenters. The van der Waals surface area contributed by atoms with Gasteiger partial charge in [0, 0.05) is 6.20 Å². The third-order valence-corrected chi connectivity index (χ3v) is 1.59. The van der Waals surface area contributed by atoms with Gasteiger partial charge in [-0.25, -0.2) is 9.97 Å². The van der Waals surface area contributed by atoms with Gasteiger partial charge in [-0.1, -0.05) is 0 Å². The number of rotatable bonds is 1. The van der Waals surface area contributed by atoms with Gasteiger partial charge in [-0.05, 0) is 6.07 Å². The smallest absolute Gasteiger partial charge is 0.268 e. The van der Waals surface area contributed by atoms with E-state index in [1.165, 1.54) is 6.33 Å². The monoisotopic (exact) mass is 162 g/mol. The van der Waals surface area contributed by atoms with Crippen LogP contribution in [0.25, 0.3) is 11.0 Å². The van der Waals surface area contributed by atoms with Gasteiger partial charge in [-0.15, -0.1) is 0 Å². The molecule has 5 nitrogen and oxygen atoms in total. The first kappa shape index (κ1) is 6.78. The summed E-state index contributed by atoms with van der Waals surface area (Å²) in [5.41, 5.74) is 5.97. The van der Waals surface area contributed by atoms with Gasteiger partial charge in [0.2, 0.25) is 0 Å². The number of aromatic amines is 1. The Morgan fingerprint density at radius 2 is 2.33 bits per heavy atom. The van der Waals surface area contributed by atoms with Crippen LogP contribution < -0.4 is 5.73 Å². The lowest BCUT2D eigenvalue weighted by Gasteiger charge is -1.94. The summed E-state index contributed by atoms with van der Waals surface area (Å²) in [4.78, 5) is 21.4. The maximum Gasteiger partial charge on any atom is 0.268 e. The maximum atomic E-state index is 10.8. The number of nitrogens with two attached hydrogens (primary N) is 1. The van der Waals surface area contributed by atoms with Gasteiger partial charge in [0.15, 0.2) is 0 Å². The molecule has 2 heterocycles. The van der Waals surface area contributed by atoms with Gasteiger partial charge >= 0.3 is 0 Å². The number of nitrogens with zero attached hydrogens (tertiary/aromatic N) is 2. The number of nitrogens with one attached hydrogen (secondary N) is 1. The van der Waals surface area contributed by atoms with Crippen LogP contribution in [0, 0.1) is 0 Å². The number of primary amides is 1. The van der Waals surface area contributed by atoms with Crippen LogP contribution in [0.1, 0.15) is 10.5 Å². The molecule has 0 unspecified atom stereocenters. The van der Waals surface area contributed by atoms with Crippen molar-refractivity contribution in [3.05, 3.63) is 24.3 Å². The lowest BCUT2D eigenvalue weighted by atomic mass is 10.3. The topological polar surface area (TPSA) is 84.7 Å². The van der Waals surface area contributed by atoms with Gasteiger partial charge in [-0.3, -0.25) is 4.79 Å². The van der Waals surface area contributed by atoms with Crippen molar-refractivity contribution in [2.24, 2.45) is 5.73 Å². The maximum absolute atomic E-state index is 10.8. The quantitative estimate of drug-likeness (QED) is 0.621. The lowest BCUT2D eigenvalue weighted by Crippen LogP contribution is -2.13. The molecule has 5 heteroatoms. The summed E-state index contributed by atoms with van der Waals surface area (Å²) in [6, 6.07) is 1.72. The number of fused-ring (bicyclic) bond motifs is 1. The zero-order valence-electron chi connectivity index (χ0n) is 6.11. The van der Waals surface area contributed by atoms with Crippen LogP contribution in [0.5, 0.6) is 0 Å². The van der Waals surface area contributed by atoms with E-state index in [0.717, 1.165) is 0 Å². The molecule has 0 saturated carbocycles. The highest BCUT2D eigenvalue weighted by molar-refractivity contribution is 6.02. The molecule has 0 radical (unpaired) electrons. The third kappa shape index (κ3) is 0.833. The Balaban J connectivity index is 2.82. The molecule has 3 N–H and O–H groups in total. The zero-order valence-corrected chi connectivity index (χ0v) is 6.11. The molecule has 2 rings (SSSR count). The van der Waals surface area contributed by atoms with Crippen molar-refractivity contribution in [2.75, 3.05) is 0 Å². The molecule has 0 aliphatic carbocycles. The predicted octanol–water partition coefficient (Wildman–Crippen LogP) is 0.0568. The van der Waals surface area contributed by atoms with Crippen molar-refractivity contribution in [1.29, 1.82) is 0 Å². The summed E-state index contributed by atoms with van der Waals surface area (Å²) in [5, 5.41) is 0.657. The van der Waals surface area contributed by atoms with E-state index in [0.29, 0.717) is 11.0 Å². The number of H-pyrrole nitrogens is 1. The average Bonchev–Trinajstić information content (AvgIpc) is 2.49. The molecular weight excluding hydrogens is 156 g/mol. The van der Waals surface area contributed by atoms with Crippen molar-refractivity contribution >= 4 is 16.9 Å². The highest BCUT2D eigenvalue weighted by atomic mass is 16.1.